The van der Waals surface area contributed by atoms with Crippen molar-refractivity contribution in [3.63, 3.8) is 0 Å². The van der Waals surface area contributed by atoms with E-state index in [1.54, 1.807) is 44.7 Å². The zero-order chi connectivity index (χ0) is 48.6. The number of rotatable bonds is 8. The van der Waals surface area contributed by atoms with Crippen molar-refractivity contribution in [2.24, 2.45) is 0 Å². The largest absolute Gasteiger partial charge is 0.507 e. The normalized spacial score (nSPS) is 25.5. The minimum absolute atomic E-state index is 0.00518. The molecule has 0 radical (unpaired) electrons. The zero-order valence-electron chi connectivity index (χ0n) is 39.9. The van der Waals surface area contributed by atoms with E-state index in [0.29, 0.717) is 76.4 Å². The van der Waals surface area contributed by atoms with E-state index >= 15 is 9.59 Å². The number of phenolic OH excluding ortho intramolecular Hbond substituents is 1. The molecule has 3 aromatic carbocycles. The predicted molar refractivity (Wildman–Crippen MR) is 246 cm³/mol. The molecule has 2 saturated heterocycles. The molecule has 0 saturated carbocycles. The molecule has 7 heterocycles. The van der Waals surface area contributed by atoms with Gasteiger partial charge in [0.2, 0.25) is 6.79 Å². The van der Waals surface area contributed by atoms with Crippen molar-refractivity contribution in [1.29, 1.82) is 5.26 Å². The number of hydrogen-bond donors (Lipinski definition) is 2. The quantitative estimate of drug-likeness (QED) is 0.171. The first kappa shape index (κ1) is 47.2. The van der Waals surface area contributed by atoms with Crippen LogP contribution in [0.1, 0.15) is 122 Å². The maximum Gasteiger partial charge on any atom is 0.411 e. The van der Waals surface area contributed by atoms with E-state index in [1.807, 2.05) is 31.7 Å². The van der Waals surface area contributed by atoms with E-state index in [4.69, 9.17) is 37.9 Å². The van der Waals surface area contributed by atoms with Crippen LogP contribution >= 0.6 is 11.8 Å². The van der Waals surface area contributed by atoms with Gasteiger partial charge in [-0.15, -0.1) is 11.8 Å². The average molecular weight is 955 g/mol. The van der Waals surface area contributed by atoms with Crippen LogP contribution in [0.5, 0.6) is 40.2 Å². The van der Waals surface area contributed by atoms with Crippen LogP contribution < -0.4 is 33.7 Å². The minimum Gasteiger partial charge on any atom is -0.507 e. The number of esters is 3. The number of nitrogens with one attached hydrogen (secondary N) is 1. The molecule has 7 aliphatic heterocycles. The molecule has 1 amide bonds. The summed E-state index contributed by atoms with van der Waals surface area (Å²) in [6, 6.07) is 3.30. The van der Waals surface area contributed by atoms with Crippen LogP contribution in [0.25, 0.3) is 0 Å². The van der Waals surface area contributed by atoms with Gasteiger partial charge in [0.1, 0.15) is 24.0 Å². The van der Waals surface area contributed by atoms with Crippen LogP contribution in [0.3, 0.4) is 0 Å². The second-order valence-corrected chi connectivity index (χ2v) is 20.3. The number of hydrogen-bond acceptors (Lipinski definition) is 17. The number of amides is 1. The highest BCUT2D eigenvalue weighted by Crippen LogP contribution is 2.65. The number of carbonyl (C=O) groups excluding carboxylic acids is 4. The highest BCUT2D eigenvalue weighted by molar-refractivity contribution is 7.99. The fraction of sp³-hybridized carbons (Fsp3) is 0.540. The standard InChI is InChI=1S/C50H58N4O13S/c1-10-12-34(55)65-33-18-26-14-15-52-50(28(26)19-32(33)60-8)22-68-46-38-37(44-43(63-23-64-44)25(4)41(38)57)31(21-62-47(50)58)53-30(20-51)29-17-27-16-24(3)42(61-9)45(66-35(56)13-11-2)36(27)39(40(46)53)54(29)48(59)67-49(5,6)7/h16,18-19,29-31,39-40,46,52,57H,10-15,17,21-23H2,1-9H3/t29-,30+,31+,39-,40?,46-,50-/m1/s1. The van der Waals surface area contributed by atoms with Crippen LogP contribution in [0.4, 0.5) is 4.79 Å². The van der Waals surface area contributed by atoms with Crippen molar-refractivity contribution >= 4 is 35.8 Å². The number of aromatic hydroxyl groups is 1. The van der Waals surface area contributed by atoms with E-state index in [1.165, 1.54) is 26.0 Å². The fourth-order valence-corrected chi connectivity index (χ4v) is 12.8. The molecular formula is C50H58N4O13S. The minimum atomic E-state index is -1.51. The summed E-state index contributed by atoms with van der Waals surface area (Å²) in [4.78, 5) is 60.3. The fourth-order valence-electron chi connectivity index (χ4n) is 11.1. The van der Waals surface area contributed by atoms with Gasteiger partial charge < -0.3 is 43.0 Å². The number of methoxy groups -OCH3 is 2. The summed E-state index contributed by atoms with van der Waals surface area (Å²) in [7, 11) is 2.96. The lowest BCUT2D eigenvalue weighted by Crippen LogP contribution is -2.71. The Balaban J connectivity index is 1.31. The number of thioether (sulfide) groups is 1. The number of nitrogens with zero attached hydrogens (tertiary/aromatic N) is 3. The van der Waals surface area contributed by atoms with E-state index in [9.17, 15) is 20.0 Å². The summed E-state index contributed by atoms with van der Waals surface area (Å²) < 4.78 is 48.9. The Morgan fingerprint density at radius 2 is 1.66 bits per heavy atom. The number of carbonyl (C=O) groups is 4. The number of aryl methyl sites for hydroxylation is 1. The van der Waals surface area contributed by atoms with Gasteiger partial charge in [-0.3, -0.25) is 24.7 Å². The molecule has 10 rings (SSSR count). The summed E-state index contributed by atoms with van der Waals surface area (Å²) >= 11 is 1.35. The van der Waals surface area contributed by atoms with Crippen molar-refractivity contribution in [3.05, 3.63) is 62.7 Å². The van der Waals surface area contributed by atoms with Gasteiger partial charge in [0.05, 0.1) is 49.7 Å². The second kappa shape index (κ2) is 17.9. The van der Waals surface area contributed by atoms with E-state index in [2.05, 4.69) is 11.4 Å². The molecule has 2 N–H and O–H groups in total. The van der Waals surface area contributed by atoms with Gasteiger partial charge in [-0.1, -0.05) is 19.9 Å². The molecule has 17 nitrogen and oxygen atoms in total. The van der Waals surface area contributed by atoms with Gasteiger partial charge in [-0.25, -0.2) is 9.59 Å². The molecule has 68 heavy (non-hydrogen) atoms. The molecule has 7 atom stereocenters. The molecule has 1 spiro atoms. The smallest absolute Gasteiger partial charge is 0.411 e. The number of fused-ring (bicyclic) bond motifs is 9. The third-order valence-electron chi connectivity index (χ3n) is 13.8. The van der Waals surface area contributed by atoms with Gasteiger partial charge in [0.15, 0.2) is 40.0 Å². The summed E-state index contributed by atoms with van der Waals surface area (Å²) in [5.74, 6) is 0.117. The molecule has 7 aliphatic rings. The van der Waals surface area contributed by atoms with Crippen molar-refractivity contribution in [2.45, 2.75) is 134 Å². The molecule has 0 aromatic heterocycles. The molecule has 362 valence electrons. The summed E-state index contributed by atoms with van der Waals surface area (Å²) in [6.45, 7) is 12.6. The Hall–Kier alpha value is -5.90. The Kier molecular flexibility index (Phi) is 12.4. The Morgan fingerprint density at radius 1 is 0.941 bits per heavy atom. The topological polar surface area (TPSA) is 205 Å². The Morgan fingerprint density at radius 3 is 2.34 bits per heavy atom. The molecule has 0 aliphatic carbocycles. The van der Waals surface area contributed by atoms with Crippen molar-refractivity contribution in [1.82, 2.24) is 15.1 Å². The number of ether oxygens (including phenoxy) is 8. The van der Waals surface area contributed by atoms with Gasteiger partial charge in [-0.05, 0) is 94.7 Å². The third kappa shape index (κ3) is 7.52. The lowest BCUT2D eigenvalue weighted by molar-refractivity contribution is -0.157. The number of piperazine rings is 1. The Labute approximate surface area is 399 Å². The third-order valence-corrected chi connectivity index (χ3v) is 15.3. The number of phenols is 1. The summed E-state index contributed by atoms with van der Waals surface area (Å²) in [5.41, 5.74) is 2.23. The molecule has 1 unspecified atom stereocenters. The van der Waals surface area contributed by atoms with Crippen molar-refractivity contribution in [2.75, 3.05) is 39.9 Å². The molecule has 4 bridgehead atoms. The van der Waals surface area contributed by atoms with E-state index in [-0.39, 0.29) is 61.4 Å². The van der Waals surface area contributed by atoms with Gasteiger partial charge >= 0.3 is 24.0 Å². The highest BCUT2D eigenvalue weighted by atomic mass is 32.2. The SMILES string of the molecule is CCCC(=O)Oc1cc2c(cc1OC)[C@@]1(CS[C@@H]3c4c(O)c(C)c5c(c4[C@H](COC1=O)N1C3[C@H]3c4c(cc(C)c(OC)c4OC(=O)CCC)C[C@H]([C@@H]1C#N)N3C(=O)OC(C)(C)C)OCO5)NCC2. The zero-order valence-corrected chi connectivity index (χ0v) is 40.7. The number of nitriles is 1. The average Bonchev–Trinajstić information content (AvgIpc) is 3.78. The highest BCUT2D eigenvalue weighted by Gasteiger charge is 2.64. The van der Waals surface area contributed by atoms with Crippen LogP contribution in [0, 0.1) is 25.2 Å². The Bertz CT molecular complexity index is 2640. The molecular weight excluding hydrogens is 897 g/mol. The van der Waals surface area contributed by atoms with E-state index in [0.717, 1.165) is 11.1 Å². The lowest BCUT2D eigenvalue weighted by Gasteiger charge is -2.62. The first-order valence-electron chi connectivity index (χ1n) is 23.2. The predicted octanol–water partition coefficient (Wildman–Crippen LogP) is 7.07. The van der Waals surface area contributed by atoms with Crippen molar-refractivity contribution < 1.29 is 62.2 Å². The van der Waals surface area contributed by atoms with Gasteiger partial charge in [-0.2, -0.15) is 5.26 Å². The second-order valence-electron chi connectivity index (χ2n) is 19.1. The first-order chi connectivity index (χ1) is 32.5. The summed E-state index contributed by atoms with van der Waals surface area (Å²) in [5, 5.41) is 26.8. The van der Waals surface area contributed by atoms with Crippen LogP contribution in [0.2, 0.25) is 0 Å². The van der Waals surface area contributed by atoms with E-state index < -0.39 is 70.6 Å². The van der Waals surface area contributed by atoms with Crippen LogP contribution in [0.15, 0.2) is 18.2 Å². The summed E-state index contributed by atoms with van der Waals surface area (Å²) in [6.07, 6.45) is 1.42. The maximum atomic E-state index is 15.2. The molecule has 18 heteroatoms. The number of benzene rings is 3. The van der Waals surface area contributed by atoms with Crippen molar-refractivity contribution in [3.8, 4) is 46.3 Å². The van der Waals surface area contributed by atoms with Gasteiger partial charge in [0.25, 0.3) is 0 Å². The first-order valence-corrected chi connectivity index (χ1v) is 24.3. The maximum absolute atomic E-state index is 15.2. The lowest BCUT2D eigenvalue weighted by atomic mass is 9.71. The molecule has 3 aromatic rings. The van der Waals surface area contributed by atoms with Gasteiger partial charge in [0, 0.05) is 47.4 Å². The van der Waals surface area contributed by atoms with Crippen LogP contribution in [-0.4, -0.2) is 103 Å². The van der Waals surface area contributed by atoms with Crippen LogP contribution in [-0.2, 0) is 42.2 Å². The monoisotopic (exact) mass is 954 g/mol. The molecule has 2 fully saturated rings.